The van der Waals surface area contributed by atoms with Crippen LogP contribution in [0, 0.1) is 13.8 Å². The van der Waals surface area contributed by atoms with Crippen LogP contribution in [0.2, 0.25) is 0 Å². The van der Waals surface area contributed by atoms with E-state index in [4.69, 9.17) is 0 Å². The molecule has 0 unspecified atom stereocenters. The summed E-state index contributed by atoms with van der Waals surface area (Å²) in [5, 5.41) is 2.84. The fraction of sp³-hybridized carbons (Fsp3) is 0.350. The van der Waals surface area contributed by atoms with Gasteiger partial charge in [-0.15, -0.1) is 0 Å². The molecule has 2 aromatic carbocycles. The molecule has 0 bridgehead atoms. The van der Waals surface area contributed by atoms with Crippen molar-refractivity contribution in [2.45, 2.75) is 33.2 Å². The highest BCUT2D eigenvalue weighted by molar-refractivity contribution is 7.92. The quantitative estimate of drug-likeness (QED) is 0.810. The Labute approximate surface area is 156 Å². The van der Waals surface area contributed by atoms with Gasteiger partial charge in [-0.05, 0) is 56.0 Å². The van der Waals surface area contributed by atoms with Gasteiger partial charge < -0.3 is 5.32 Å². The van der Waals surface area contributed by atoms with E-state index >= 15 is 0 Å². The second-order valence-corrected chi connectivity index (χ2v) is 8.47. The lowest BCUT2D eigenvalue weighted by molar-refractivity contribution is -0.121. The Kier molecular flexibility index (Phi) is 6.42. The zero-order chi connectivity index (χ0) is 19.3. The minimum absolute atomic E-state index is 0.314. The van der Waals surface area contributed by atoms with Crippen molar-refractivity contribution in [3.05, 3.63) is 65.2 Å². The number of benzene rings is 2. The molecule has 2 aromatic rings. The second-order valence-electron chi connectivity index (χ2n) is 6.61. The number of nitrogens with one attached hydrogen (secondary N) is 1. The van der Waals surface area contributed by atoms with Crippen molar-refractivity contribution < 1.29 is 13.2 Å². The van der Waals surface area contributed by atoms with E-state index < -0.39 is 16.1 Å². The molecule has 0 spiro atoms. The van der Waals surface area contributed by atoms with Crippen molar-refractivity contribution in [2.24, 2.45) is 0 Å². The van der Waals surface area contributed by atoms with Gasteiger partial charge in [0.1, 0.15) is 6.04 Å². The van der Waals surface area contributed by atoms with Crippen molar-refractivity contribution in [3.8, 4) is 0 Å². The average Bonchev–Trinajstić information content (AvgIpc) is 2.53. The number of carbonyl (C=O) groups excluding carboxylic acids is 1. The normalized spacial score (nSPS) is 12.5. The molecule has 1 N–H and O–H groups in total. The van der Waals surface area contributed by atoms with E-state index in [0.29, 0.717) is 18.7 Å². The van der Waals surface area contributed by atoms with Crippen LogP contribution < -0.4 is 9.62 Å². The third-order valence-corrected chi connectivity index (χ3v) is 5.35. The zero-order valence-corrected chi connectivity index (χ0v) is 16.5. The molecule has 1 atom stereocenters. The topological polar surface area (TPSA) is 66.5 Å². The van der Waals surface area contributed by atoms with E-state index in [-0.39, 0.29) is 5.91 Å². The molecular weight excluding hydrogens is 348 g/mol. The number of sulfonamides is 1. The van der Waals surface area contributed by atoms with E-state index in [1.165, 1.54) is 4.31 Å². The predicted molar refractivity (Wildman–Crippen MR) is 106 cm³/mol. The van der Waals surface area contributed by atoms with Crippen LogP contribution >= 0.6 is 0 Å². The van der Waals surface area contributed by atoms with Gasteiger partial charge in [0, 0.05) is 6.54 Å². The van der Waals surface area contributed by atoms with Crippen LogP contribution in [0.4, 0.5) is 5.69 Å². The molecule has 1 amide bonds. The molecule has 0 heterocycles. The summed E-state index contributed by atoms with van der Waals surface area (Å²) in [6.45, 7) is 5.87. The minimum atomic E-state index is -3.60. The summed E-state index contributed by atoms with van der Waals surface area (Å²) >= 11 is 0. The molecule has 0 aromatic heterocycles. The Hall–Kier alpha value is -2.34. The average molecular weight is 375 g/mol. The smallest absolute Gasteiger partial charge is 0.243 e. The lowest BCUT2D eigenvalue weighted by Crippen LogP contribution is -2.48. The SMILES string of the molecule is Cc1cc(C)cc(N([C@@H](C)C(=O)NCCc2ccccc2)S(C)(=O)=O)c1. The highest BCUT2D eigenvalue weighted by Crippen LogP contribution is 2.23. The van der Waals surface area contributed by atoms with E-state index in [1.54, 1.807) is 19.1 Å². The van der Waals surface area contributed by atoms with Gasteiger partial charge in [-0.25, -0.2) is 8.42 Å². The minimum Gasteiger partial charge on any atom is -0.354 e. The van der Waals surface area contributed by atoms with Crippen LogP contribution in [-0.4, -0.2) is 33.2 Å². The first kappa shape index (κ1) is 20.0. The summed E-state index contributed by atoms with van der Waals surface area (Å²) in [7, 11) is -3.60. The molecule has 6 heteroatoms. The van der Waals surface area contributed by atoms with Gasteiger partial charge in [0.05, 0.1) is 11.9 Å². The molecule has 0 fully saturated rings. The van der Waals surface area contributed by atoms with Crippen LogP contribution in [0.15, 0.2) is 48.5 Å². The first-order valence-corrected chi connectivity index (χ1v) is 10.4. The van der Waals surface area contributed by atoms with Crippen LogP contribution in [-0.2, 0) is 21.2 Å². The number of nitrogens with zero attached hydrogens (tertiary/aromatic N) is 1. The summed E-state index contributed by atoms with van der Waals surface area (Å²) in [5.41, 5.74) is 3.53. The lowest BCUT2D eigenvalue weighted by Gasteiger charge is -2.28. The molecule has 140 valence electrons. The summed E-state index contributed by atoms with van der Waals surface area (Å²) < 4.78 is 25.9. The van der Waals surface area contributed by atoms with Crippen molar-refractivity contribution in [1.29, 1.82) is 0 Å². The summed E-state index contributed by atoms with van der Waals surface area (Å²) in [6.07, 6.45) is 1.82. The van der Waals surface area contributed by atoms with Crippen LogP contribution in [0.1, 0.15) is 23.6 Å². The monoisotopic (exact) mass is 374 g/mol. The van der Waals surface area contributed by atoms with Crippen molar-refractivity contribution in [1.82, 2.24) is 5.32 Å². The molecule has 26 heavy (non-hydrogen) atoms. The lowest BCUT2D eigenvalue weighted by atomic mass is 10.1. The molecule has 0 aliphatic rings. The Morgan fingerprint density at radius 1 is 1.08 bits per heavy atom. The summed E-state index contributed by atoms with van der Waals surface area (Å²) in [5.74, 6) is -0.314. The van der Waals surface area contributed by atoms with E-state index in [1.807, 2.05) is 50.2 Å². The number of aryl methyl sites for hydroxylation is 2. The molecule has 0 radical (unpaired) electrons. The Morgan fingerprint density at radius 2 is 1.65 bits per heavy atom. The van der Waals surface area contributed by atoms with E-state index in [0.717, 1.165) is 22.9 Å². The largest absolute Gasteiger partial charge is 0.354 e. The van der Waals surface area contributed by atoms with E-state index in [2.05, 4.69) is 5.32 Å². The van der Waals surface area contributed by atoms with Crippen LogP contribution in [0.25, 0.3) is 0 Å². The van der Waals surface area contributed by atoms with Crippen molar-refractivity contribution in [3.63, 3.8) is 0 Å². The number of amides is 1. The Morgan fingerprint density at radius 3 is 2.19 bits per heavy atom. The van der Waals surface area contributed by atoms with Gasteiger partial charge >= 0.3 is 0 Å². The van der Waals surface area contributed by atoms with Crippen molar-refractivity contribution >= 4 is 21.6 Å². The fourth-order valence-corrected chi connectivity index (χ4v) is 4.17. The number of anilines is 1. The predicted octanol–water partition coefficient (Wildman–Crippen LogP) is 2.82. The van der Waals surface area contributed by atoms with Crippen LogP contribution in [0.3, 0.4) is 0 Å². The first-order chi connectivity index (χ1) is 12.2. The third kappa shape index (κ3) is 5.33. The zero-order valence-electron chi connectivity index (χ0n) is 15.7. The fourth-order valence-electron chi connectivity index (χ4n) is 3.01. The van der Waals surface area contributed by atoms with Gasteiger partial charge in [0.25, 0.3) is 0 Å². The number of rotatable bonds is 7. The number of carbonyl (C=O) groups is 1. The maximum atomic E-state index is 12.5. The molecule has 5 nitrogen and oxygen atoms in total. The van der Waals surface area contributed by atoms with Gasteiger partial charge in [0.2, 0.25) is 15.9 Å². The maximum Gasteiger partial charge on any atom is 0.243 e. The Balaban J connectivity index is 2.13. The second kappa shape index (κ2) is 8.36. The third-order valence-electron chi connectivity index (χ3n) is 4.11. The number of hydrogen-bond acceptors (Lipinski definition) is 3. The molecule has 0 saturated carbocycles. The molecule has 0 aliphatic heterocycles. The summed E-state index contributed by atoms with van der Waals surface area (Å²) in [6, 6.07) is 14.5. The molecule has 2 rings (SSSR count). The van der Waals surface area contributed by atoms with Crippen LogP contribution in [0.5, 0.6) is 0 Å². The first-order valence-electron chi connectivity index (χ1n) is 8.58. The van der Waals surface area contributed by atoms with Gasteiger partial charge in [-0.1, -0.05) is 36.4 Å². The molecular formula is C20H26N2O3S. The molecule has 0 aliphatic carbocycles. The van der Waals surface area contributed by atoms with Gasteiger partial charge in [-0.3, -0.25) is 9.10 Å². The Bertz CT molecular complexity index is 844. The number of hydrogen-bond donors (Lipinski definition) is 1. The van der Waals surface area contributed by atoms with Gasteiger partial charge in [0.15, 0.2) is 0 Å². The highest BCUT2D eigenvalue weighted by Gasteiger charge is 2.29. The molecule has 0 saturated heterocycles. The van der Waals surface area contributed by atoms with Gasteiger partial charge in [-0.2, -0.15) is 0 Å². The van der Waals surface area contributed by atoms with Crippen molar-refractivity contribution in [2.75, 3.05) is 17.1 Å². The summed E-state index contributed by atoms with van der Waals surface area (Å²) in [4.78, 5) is 12.5. The highest BCUT2D eigenvalue weighted by atomic mass is 32.2. The maximum absolute atomic E-state index is 12.5. The van der Waals surface area contributed by atoms with E-state index in [9.17, 15) is 13.2 Å². The standard InChI is InChI=1S/C20H26N2O3S/c1-15-12-16(2)14-19(13-15)22(26(4,24)25)17(3)20(23)21-11-10-18-8-6-5-7-9-18/h5-9,12-14,17H,10-11H2,1-4H3,(H,21,23)/t17-/m0/s1.